The maximum Gasteiger partial charge on any atom is 0.331 e. The zero-order chi connectivity index (χ0) is 12.8. The second kappa shape index (κ2) is 6.39. The lowest BCUT2D eigenvalue weighted by Gasteiger charge is -2.15. The standard InChI is InChI=1S/C12H21N3O2/c1-3-10(4-2)9-14-7-5-11(16)15(8-6-13)12(14)17/h5,7,10H,3-4,6,8-9,13H2,1-2H3. The molecule has 96 valence electrons. The summed E-state index contributed by atoms with van der Waals surface area (Å²) in [5.74, 6) is 0.469. The van der Waals surface area contributed by atoms with Crippen molar-refractivity contribution in [2.75, 3.05) is 6.54 Å². The van der Waals surface area contributed by atoms with E-state index in [9.17, 15) is 9.59 Å². The van der Waals surface area contributed by atoms with E-state index in [0.717, 1.165) is 12.8 Å². The summed E-state index contributed by atoms with van der Waals surface area (Å²) in [5, 5.41) is 0. The topological polar surface area (TPSA) is 70.0 Å². The Kier molecular flexibility index (Phi) is 5.15. The molecule has 1 rings (SSSR count). The average molecular weight is 239 g/mol. The molecule has 2 N–H and O–H groups in total. The highest BCUT2D eigenvalue weighted by Crippen LogP contribution is 2.08. The monoisotopic (exact) mass is 239 g/mol. The first-order valence-electron chi connectivity index (χ1n) is 6.14. The molecule has 0 spiro atoms. The molecule has 0 aliphatic heterocycles. The van der Waals surface area contributed by atoms with Gasteiger partial charge in [0.05, 0.1) is 0 Å². The molecule has 0 aliphatic rings. The van der Waals surface area contributed by atoms with Gasteiger partial charge in [0.25, 0.3) is 5.56 Å². The first-order chi connectivity index (χ1) is 8.13. The van der Waals surface area contributed by atoms with Crippen LogP contribution in [0.1, 0.15) is 26.7 Å². The van der Waals surface area contributed by atoms with Gasteiger partial charge in [-0.05, 0) is 5.92 Å². The van der Waals surface area contributed by atoms with E-state index < -0.39 is 0 Å². The van der Waals surface area contributed by atoms with Crippen LogP contribution in [0, 0.1) is 5.92 Å². The van der Waals surface area contributed by atoms with Crippen molar-refractivity contribution >= 4 is 0 Å². The van der Waals surface area contributed by atoms with Gasteiger partial charge in [0.2, 0.25) is 0 Å². The van der Waals surface area contributed by atoms with Crippen molar-refractivity contribution in [1.82, 2.24) is 9.13 Å². The fraction of sp³-hybridized carbons (Fsp3) is 0.667. The molecule has 0 unspecified atom stereocenters. The number of aromatic nitrogens is 2. The van der Waals surface area contributed by atoms with Crippen LogP contribution in [0.15, 0.2) is 21.9 Å². The summed E-state index contributed by atoms with van der Waals surface area (Å²) in [6.07, 6.45) is 3.63. The molecule has 0 radical (unpaired) electrons. The van der Waals surface area contributed by atoms with Crippen molar-refractivity contribution in [3.63, 3.8) is 0 Å². The molecule has 0 atom stereocenters. The molecule has 0 saturated heterocycles. The Morgan fingerprint density at radius 3 is 2.47 bits per heavy atom. The normalized spacial score (nSPS) is 11.1. The van der Waals surface area contributed by atoms with Crippen LogP contribution in [-0.4, -0.2) is 15.7 Å². The van der Waals surface area contributed by atoms with Crippen LogP contribution in [0.3, 0.4) is 0 Å². The van der Waals surface area contributed by atoms with E-state index in [1.807, 2.05) is 0 Å². The molecule has 5 heteroatoms. The zero-order valence-corrected chi connectivity index (χ0v) is 10.6. The molecular formula is C12H21N3O2. The highest BCUT2D eigenvalue weighted by molar-refractivity contribution is 4.87. The van der Waals surface area contributed by atoms with Gasteiger partial charge in [-0.3, -0.25) is 9.36 Å². The summed E-state index contributed by atoms with van der Waals surface area (Å²) >= 11 is 0. The van der Waals surface area contributed by atoms with Crippen LogP contribution in [0.25, 0.3) is 0 Å². The van der Waals surface area contributed by atoms with Gasteiger partial charge in [0, 0.05) is 31.9 Å². The summed E-state index contributed by atoms with van der Waals surface area (Å²) in [6, 6.07) is 1.43. The highest BCUT2D eigenvalue weighted by Gasteiger charge is 2.08. The average Bonchev–Trinajstić information content (AvgIpc) is 2.34. The number of rotatable bonds is 6. The van der Waals surface area contributed by atoms with Crippen LogP contribution in [0.2, 0.25) is 0 Å². The predicted molar refractivity (Wildman–Crippen MR) is 68.1 cm³/mol. The molecule has 0 aliphatic carbocycles. The zero-order valence-electron chi connectivity index (χ0n) is 10.6. The van der Waals surface area contributed by atoms with Crippen molar-refractivity contribution in [2.24, 2.45) is 11.7 Å². The van der Waals surface area contributed by atoms with Gasteiger partial charge in [0.1, 0.15) is 0 Å². The molecule has 17 heavy (non-hydrogen) atoms. The maximum atomic E-state index is 12.0. The third kappa shape index (κ3) is 3.30. The maximum absolute atomic E-state index is 12.0. The largest absolute Gasteiger partial charge is 0.331 e. The van der Waals surface area contributed by atoms with Gasteiger partial charge < -0.3 is 10.3 Å². The lowest BCUT2D eigenvalue weighted by atomic mass is 10.0. The Morgan fingerprint density at radius 1 is 1.29 bits per heavy atom. The summed E-state index contributed by atoms with van der Waals surface area (Å²) in [7, 11) is 0. The summed E-state index contributed by atoms with van der Waals surface area (Å²) in [6.45, 7) is 5.45. The molecule has 1 heterocycles. The first kappa shape index (κ1) is 13.7. The minimum atomic E-state index is -0.277. The van der Waals surface area contributed by atoms with Crippen molar-refractivity contribution in [1.29, 1.82) is 0 Å². The van der Waals surface area contributed by atoms with Crippen LogP contribution in [0.5, 0.6) is 0 Å². The van der Waals surface area contributed by atoms with Gasteiger partial charge in [-0.25, -0.2) is 4.79 Å². The van der Waals surface area contributed by atoms with Crippen LogP contribution in [0.4, 0.5) is 0 Å². The smallest absolute Gasteiger partial charge is 0.329 e. The van der Waals surface area contributed by atoms with E-state index in [-0.39, 0.29) is 17.8 Å². The molecule has 5 nitrogen and oxygen atoms in total. The molecular weight excluding hydrogens is 218 g/mol. The van der Waals surface area contributed by atoms with Crippen molar-refractivity contribution in [3.8, 4) is 0 Å². The Labute approximate surface area is 101 Å². The van der Waals surface area contributed by atoms with E-state index in [1.165, 1.54) is 10.6 Å². The van der Waals surface area contributed by atoms with Crippen molar-refractivity contribution in [2.45, 2.75) is 39.8 Å². The Bertz CT molecular complexity index is 458. The van der Waals surface area contributed by atoms with E-state index in [1.54, 1.807) is 10.8 Å². The molecule has 0 amide bonds. The minimum Gasteiger partial charge on any atom is -0.329 e. The number of nitrogens with two attached hydrogens (primary N) is 1. The van der Waals surface area contributed by atoms with Crippen molar-refractivity contribution in [3.05, 3.63) is 33.1 Å². The fourth-order valence-corrected chi connectivity index (χ4v) is 1.86. The number of hydrogen-bond acceptors (Lipinski definition) is 3. The molecule has 1 aromatic rings. The van der Waals surface area contributed by atoms with E-state index >= 15 is 0 Å². The predicted octanol–water partition coefficient (Wildman–Crippen LogP) is 0.405. The summed E-state index contributed by atoms with van der Waals surface area (Å²) < 4.78 is 2.80. The number of nitrogens with zero attached hydrogens (tertiary/aromatic N) is 2. The summed E-state index contributed by atoms with van der Waals surface area (Å²) in [5.41, 5.74) is 4.86. The number of hydrogen-bond donors (Lipinski definition) is 1. The quantitative estimate of drug-likeness (QED) is 0.781. The van der Waals surface area contributed by atoms with E-state index in [2.05, 4.69) is 13.8 Å². The second-order valence-electron chi connectivity index (χ2n) is 4.21. The third-order valence-corrected chi connectivity index (χ3v) is 3.10. The molecule has 0 fully saturated rings. The van der Waals surface area contributed by atoms with Gasteiger partial charge in [0.15, 0.2) is 0 Å². The summed E-state index contributed by atoms with van der Waals surface area (Å²) in [4.78, 5) is 23.5. The van der Waals surface area contributed by atoms with E-state index in [0.29, 0.717) is 19.0 Å². The van der Waals surface area contributed by atoms with E-state index in [4.69, 9.17) is 5.73 Å². The minimum absolute atomic E-state index is 0.255. The van der Waals surface area contributed by atoms with Gasteiger partial charge in [-0.15, -0.1) is 0 Å². The molecule has 0 saturated carbocycles. The van der Waals surface area contributed by atoms with Crippen LogP contribution < -0.4 is 17.0 Å². The van der Waals surface area contributed by atoms with Crippen molar-refractivity contribution < 1.29 is 0 Å². The van der Waals surface area contributed by atoms with Gasteiger partial charge in [-0.1, -0.05) is 26.7 Å². The third-order valence-electron chi connectivity index (χ3n) is 3.10. The lowest BCUT2D eigenvalue weighted by molar-refractivity contribution is 0.398. The highest BCUT2D eigenvalue weighted by atomic mass is 16.2. The Morgan fingerprint density at radius 2 is 1.94 bits per heavy atom. The fourth-order valence-electron chi connectivity index (χ4n) is 1.86. The van der Waals surface area contributed by atoms with Gasteiger partial charge in [-0.2, -0.15) is 0 Å². The first-order valence-corrected chi connectivity index (χ1v) is 6.14. The molecule has 1 aromatic heterocycles. The second-order valence-corrected chi connectivity index (χ2v) is 4.21. The van der Waals surface area contributed by atoms with Crippen LogP contribution >= 0.6 is 0 Å². The molecule has 0 aromatic carbocycles. The molecule has 0 bridgehead atoms. The Balaban J connectivity index is 3.06. The lowest BCUT2D eigenvalue weighted by Crippen LogP contribution is -2.41. The Hall–Kier alpha value is -1.36. The van der Waals surface area contributed by atoms with Gasteiger partial charge >= 0.3 is 5.69 Å². The SMILES string of the molecule is CCC(CC)Cn1ccc(=O)n(CCN)c1=O. The van der Waals surface area contributed by atoms with Crippen LogP contribution in [-0.2, 0) is 13.1 Å².